The van der Waals surface area contributed by atoms with Gasteiger partial charge in [0.15, 0.2) is 0 Å². The van der Waals surface area contributed by atoms with Crippen LogP contribution in [0.3, 0.4) is 0 Å². The quantitative estimate of drug-likeness (QED) is 0.771. The second-order valence-electron chi connectivity index (χ2n) is 5.69. The van der Waals surface area contributed by atoms with Crippen LogP contribution in [0.25, 0.3) is 0 Å². The van der Waals surface area contributed by atoms with Gasteiger partial charge in [-0.3, -0.25) is 4.79 Å². The first-order valence-electron chi connectivity index (χ1n) is 6.61. The molecule has 17 heavy (non-hydrogen) atoms. The number of carbonyl (C=O) groups is 1. The van der Waals surface area contributed by atoms with E-state index in [2.05, 4.69) is 36.3 Å². The molecule has 4 nitrogen and oxygen atoms in total. The second kappa shape index (κ2) is 5.83. The Balaban J connectivity index is 2.47. The summed E-state index contributed by atoms with van der Waals surface area (Å²) in [6.07, 6.45) is 2.07. The number of likely N-dealkylation sites (tertiary alicyclic amines) is 1. The Bertz CT molecular complexity index is 257. The lowest BCUT2D eigenvalue weighted by Crippen LogP contribution is -2.57. The Kier molecular flexibility index (Phi) is 4.95. The summed E-state index contributed by atoms with van der Waals surface area (Å²) >= 11 is 0. The zero-order valence-electron chi connectivity index (χ0n) is 11.8. The van der Waals surface area contributed by atoms with E-state index >= 15 is 0 Å². The van der Waals surface area contributed by atoms with Gasteiger partial charge >= 0.3 is 0 Å². The van der Waals surface area contributed by atoms with Crippen LogP contribution in [0, 0.1) is 0 Å². The third-order valence-corrected chi connectivity index (χ3v) is 3.88. The summed E-state index contributed by atoms with van der Waals surface area (Å²) < 4.78 is 0. The molecule has 1 unspecified atom stereocenters. The average molecular weight is 241 g/mol. The van der Waals surface area contributed by atoms with Crippen LogP contribution in [0.1, 0.15) is 40.5 Å². The number of piperidine rings is 1. The molecule has 0 saturated carbocycles. The first-order chi connectivity index (χ1) is 7.88. The van der Waals surface area contributed by atoms with Gasteiger partial charge in [-0.1, -0.05) is 0 Å². The van der Waals surface area contributed by atoms with Gasteiger partial charge < -0.3 is 15.5 Å². The number of rotatable bonds is 4. The number of hydrogen-bond donors (Lipinski definition) is 2. The van der Waals surface area contributed by atoms with Gasteiger partial charge in [0.1, 0.15) is 0 Å². The summed E-state index contributed by atoms with van der Waals surface area (Å²) in [5, 5.41) is 6.15. The second-order valence-corrected chi connectivity index (χ2v) is 5.69. The minimum Gasteiger partial charge on any atom is -0.350 e. The van der Waals surface area contributed by atoms with Crippen molar-refractivity contribution in [1.82, 2.24) is 15.5 Å². The molecule has 100 valence electrons. The fraction of sp³-hybridized carbons (Fsp3) is 0.923. The van der Waals surface area contributed by atoms with Gasteiger partial charge in [0.05, 0.1) is 6.04 Å². The van der Waals surface area contributed by atoms with E-state index in [1.807, 2.05) is 14.0 Å². The van der Waals surface area contributed by atoms with E-state index in [4.69, 9.17) is 0 Å². The maximum atomic E-state index is 11.9. The zero-order valence-corrected chi connectivity index (χ0v) is 11.8. The van der Waals surface area contributed by atoms with Crippen LogP contribution in [0.4, 0.5) is 0 Å². The molecule has 0 radical (unpaired) electrons. The summed E-state index contributed by atoms with van der Waals surface area (Å²) in [5.41, 5.74) is -0.0341. The third kappa shape index (κ3) is 3.96. The maximum Gasteiger partial charge on any atom is 0.237 e. The monoisotopic (exact) mass is 241 g/mol. The van der Waals surface area contributed by atoms with E-state index in [0.717, 1.165) is 25.9 Å². The molecular weight excluding hydrogens is 214 g/mol. The third-order valence-electron chi connectivity index (χ3n) is 3.88. The van der Waals surface area contributed by atoms with E-state index in [-0.39, 0.29) is 17.5 Å². The molecule has 1 heterocycles. The summed E-state index contributed by atoms with van der Waals surface area (Å²) in [4.78, 5) is 14.3. The SMILES string of the molecule is CNC(C)C(=O)NC1(C)CCN(C(C)C)CC1. The minimum absolute atomic E-state index is 0.0341. The molecule has 2 N–H and O–H groups in total. The Morgan fingerprint density at radius 2 is 1.76 bits per heavy atom. The molecule has 1 rings (SSSR count). The molecule has 0 aliphatic carbocycles. The van der Waals surface area contributed by atoms with Crippen molar-refractivity contribution < 1.29 is 4.79 Å². The summed E-state index contributed by atoms with van der Waals surface area (Å²) in [6, 6.07) is 0.487. The van der Waals surface area contributed by atoms with Crippen LogP contribution >= 0.6 is 0 Å². The Hall–Kier alpha value is -0.610. The fourth-order valence-corrected chi connectivity index (χ4v) is 2.20. The number of amides is 1. The van der Waals surface area contributed by atoms with E-state index < -0.39 is 0 Å². The van der Waals surface area contributed by atoms with Gasteiger partial charge in [0.2, 0.25) is 5.91 Å². The summed E-state index contributed by atoms with van der Waals surface area (Å²) in [7, 11) is 1.81. The Morgan fingerprint density at radius 1 is 1.24 bits per heavy atom. The van der Waals surface area contributed by atoms with Gasteiger partial charge in [-0.25, -0.2) is 0 Å². The van der Waals surface area contributed by atoms with Gasteiger partial charge in [0, 0.05) is 24.7 Å². The van der Waals surface area contributed by atoms with Crippen molar-refractivity contribution in [2.45, 2.75) is 58.2 Å². The topological polar surface area (TPSA) is 44.4 Å². The van der Waals surface area contributed by atoms with Crippen LogP contribution < -0.4 is 10.6 Å². The molecule has 4 heteroatoms. The van der Waals surface area contributed by atoms with Crippen LogP contribution in [0.15, 0.2) is 0 Å². The molecule has 1 amide bonds. The molecule has 0 aromatic carbocycles. The average Bonchev–Trinajstić information content (AvgIpc) is 2.27. The lowest BCUT2D eigenvalue weighted by Gasteiger charge is -2.42. The summed E-state index contributed by atoms with van der Waals surface area (Å²) in [6.45, 7) is 10.6. The van der Waals surface area contributed by atoms with Gasteiger partial charge in [0.25, 0.3) is 0 Å². The van der Waals surface area contributed by atoms with Crippen LogP contribution in [-0.4, -0.2) is 48.6 Å². The van der Waals surface area contributed by atoms with Crippen molar-refractivity contribution in [2.75, 3.05) is 20.1 Å². The van der Waals surface area contributed by atoms with Crippen LogP contribution in [0.5, 0.6) is 0 Å². The highest BCUT2D eigenvalue weighted by Crippen LogP contribution is 2.23. The lowest BCUT2D eigenvalue weighted by molar-refractivity contribution is -0.125. The molecule has 0 bridgehead atoms. The number of nitrogens with one attached hydrogen (secondary N) is 2. The van der Waals surface area contributed by atoms with Crippen LogP contribution in [-0.2, 0) is 4.79 Å². The predicted octanol–water partition coefficient (Wildman–Crippen LogP) is 0.973. The first-order valence-corrected chi connectivity index (χ1v) is 6.61. The minimum atomic E-state index is -0.116. The number of carbonyl (C=O) groups excluding carboxylic acids is 1. The van der Waals surface area contributed by atoms with Crippen molar-refractivity contribution in [1.29, 1.82) is 0 Å². The highest BCUT2D eigenvalue weighted by molar-refractivity contribution is 5.81. The molecule has 0 spiro atoms. The normalized spacial score (nSPS) is 22.5. The van der Waals surface area contributed by atoms with Gasteiger partial charge in [-0.2, -0.15) is 0 Å². The molecular formula is C13H27N3O. The smallest absolute Gasteiger partial charge is 0.237 e. The van der Waals surface area contributed by atoms with Crippen molar-refractivity contribution in [3.8, 4) is 0 Å². The van der Waals surface area contributed by atoms with Crippen molar-refractivity contribution in [2.24, 2.45) is 0 Å². The molecule has 1 aliphatic rings. The standard InChI is InChI=1S/C13H27N3O/c1-10(2)16-8-6-13(4,7-9-16)15-12(17)11(3)14-5/h10-11,14H,6-9H2,1-5H3,(H,15,17). The van der Waals surface area contributed by atoms with Crippen molar-refractivity contribution in [3.05, 3.63) is 0 Å². The van der Waals surface area contributed by atoms with Gasteiger partial charge in [-0.15, -0.1) is 0 Å². The van der Waals surface area contributed by atoms with Crippen LogP contribution in [0.2, 0.25) is 0 Å². The first kappa shape index (κ1) is 14.5. The Labute approximate surface area is 105 Å². The highest BCUT2D eigenvalue weighted by Gasteiger charge is 2.32. The number of likely N-dealkylation sites (N-methyl/N-ethyl adjacent to an activating group) is 1. The van der Waals surface area contributed by atoms with E-state index in [0.29, 0.717) is 6.04 Å². The zero-order chi connectivity index (χ0) is 13.1. The number of nitrogens with zero attached hydrogens (tertiary/aromatic N) is 1. The highest BCUT2D eigenvalue weighted by atomic mass is 16.2. The number of hydrogen-bond acceptors (Lipinski definition) is 3. The van der Waals surface area contributed by atoms with Crippen molar-refractivity contribution >= 4 is 5.91 Å². The van der Waals surface area contributed by atoms with Crippen molar-refractivity contribution in [3.63, 3.8) is 0 Å². The molecule has 0 aromatic heterocycles. The van der Waals surface area contributed by atoms with E-state index in [9.17, 15) is 4.79 Å². The summed E-state index contributed by atoms with van der Waals surface area (Å²) in [5.74, 6) is 0.105. The molecule has 1 atom stereocenters. The molecule has 1 saturated heterocycles. The largest absolute Gasteiger partial charge is 0.350 e. The maximum absolute atomic E-state index is 11.9. The Morgan fingerprint density at radius 3 is 2.18 bits per heavy atom. The molecule has 1 aliphatic heterocycles. The predicted molar refractivity (Wildman–Crippen MR) is 71.0 cm³/mol. The molecule has 0 aromatic rings. The lowest BCUT2D eigenvalue weighted by atomic mass is 9.88. The van der Waals surface area contributed by atoms with E-state index in [1.165, 1.54) is 0 Å². The van der Waals surface area contributed by atoms with E-state index in [1.54, 1.807) is 0 Å². The van der Waals surface area contributed by atoms with Gasteiger partial charge in [-0.05, 0) is 47.6 Å². The molecule has 1 fully saturated rings. The fourth-order valence-electron chi connectivity index (χ4n) is 2.20.